The molecule has 0 aliphatic rings. The predicted molar refractivity (Wildman–Crippen MR) is 103 cm³/mol. The van der Waals surface area contributed by atoms with E-state index in [-0.39, 0.29) is 17.8 Å². The Bertz CT molecular complexity index is 774. The number of thiazole rings is 1. The second kappa shape index (κ2) is 9.14. The molecule has 0 saturated carbocycles. The average Bonchev–Trinajstić information content (AvgIpc) is 2.89. The first-order chi connectivity index (χ1) is 12.3. The Morgan fingerprint density at radius 2 is 2.08 bits per heavy atom. The normalized spacial score (nSPS) is 12.7. The van der Waals surface area contributed by atoms with Crippen LogP contribution >= 0.6 is 11.3 Å². The highest BCUT2D eigenvalue weighted by Crippen LogP contribution is 2.20. The van der Waals surface area contributed by atoms with Crippen molar-refractivity contribution in [2.75, 3.05) is 12.3 Å². The SMILES string of the molecule is Cc1nc(N)sc1CCCN=C(N)NC(=O)NC(C)c1ccc(F)cc1. The summed E-state index contributed by atoms with van der Waals surface area (Å²) in [6.45, 7) is 4.20. The lowest BCUT2D eigenvalue weighted by molar-refractivity contribution is 0.242. The molecule has 0 fully saturated rings. The zero-order chi connectivity index (χ0) is 19.1. The van der Waals surface area contributed by atoms with E-state index < -0.39 is 6.03 Å². The van der Waals surface area contributed by atoms with Gasteiger partial charge in [0.1, 0.15) is 5.82 Å². The number of halogens is 1. The van der Waals surface area contributed by atoms with Crippen LogP contribution in [0.5, 0.6) is 0 Å². The van der Waals surface area contributed by atoms with E-state index in [1.54, 1.807) is 19.1 Å². The maximum Gasteiger partial charge on any atom is 0.322 e. The molecule has 9 heteroatoms. The van der Waals surface area contributed by atoms with Crippen LogP contribution in [0.15, 0.2) is 29.3 Å². The topological polar surface area (TPSA) is 118 Å². The summed E-state index contributed by atoms with van der Waals surface area (Å²) >= 11 is 1.47. The predicted octanol–water partition coefficient (Wildman–Crippen LogP) is 2.48. The van der Waals surface area contributed by atoms with Gasteiger partial charge in [0.05, 0.1) is 11.7 Å². The quantitative estimate of drug-likeness (QED) is 0.351. The minimum atomic E-state index is -0.464. The molecule has 2 aromatic rings. The van der Waals surface area contributed by atoms with Crippen molar-refractivity contribution in [3.05, 3.63) is 46.2 Å². The van der Waals surface area contributed by atoms with E-state index in [1.807, 2.05) is 6.92 Å². The zero-order valence-electron chi connectivity index (χ0n) is 14.8. The van der Waals surface area contributed by atoms with Crippen LogP contribution in [0.25, 0.3) is 0 Å². The average molecular weight is 378 g/mol. The summed E-state index contributed by atoms with van der Waals surface area (Å²) < 4.78 is 12.9. The lowest BCUT2D eigenvalue weighted by atomic mass is 10.1. The summed E-state index contributed by atoms with van der Waals surface area (Å²) in [4.78, 5) is 21.4. The standard InChI is InChI=1S/C17H23FN6OS/c1-10(12-5-7-13(18)8-6-12)23-17(25)24-15(19)21-9-3-4-14-11(2)22-16(20)26-14/h5-8,10H,3-4,9H2,1-2H3,(H2,20,22)(H4,19,21,23,24,25). The molecule has 0 saturated heterocycles. The highest BCUT2D eigenvalue weighted by Gasteiger charge is 2.10. The summed E-state index contributed by atoms with van der Waals surface area (Å²) in [6, 6.07) is 5.18. The Kier molecular flexibility index (Phi) is 6.90. The van der Waals surface area contributed by atoms with Crippen molar-refractivity contribution in [1.29, 1.82) is 0 Å². The molecule has 0 aliphatic heterocycles. The molecule has 7 nitrogen and oxygen atoms in total. The number of nitrogens with two attached hydrogens (primary N) is 2. The van der Waals surface area contributed by atoms with Crippen LogP contribution in [0.4, 0.5) is 14.3 Å². The van der Waals surface area contributed by atoms with Gasteiger partial charge in [-0.05, 0) is 44.4 Å². The number of carbonyl (C=O) groups excluding carboxylic acids is 1. The summed E-state index contributed by atoms with van der Waals surface area (Å²) in [5.74, 6) is -0.271. The van der Waals surface area contributed by atoms with E-state index in [9.17, 15) is 9.18 Å². The molecule has 2 rings (SSSR count). The molecule has 6 N–H and O–H groups in total. The van der Waals surface area contributed by atoms with E-state index in [0.29, 0.717) is 11.7 Å². The fraction of sp³-hybridized carbons (Fsp3) is 0.353. The van der Waals surface area contributed by atoms with Crippen LogP contribution in [-0.4, -0.2) is 23.5 Å². The third kappa shape index (κ3) is 5.99. The van der Waals surface area contributed by atoms with Crippen LogP contribution < -0.4 is 22.1 Å². The number of aromatic nitrogens is 1. The second-order valence-corrected chi connectivity index (χ2v) is 6.92. The number of aryl methyl sites for hydroxylation is 2. The molecular formula is C17H23FN6OS. The van der Waals surface area contributed by atoms with Crippen molar-refractivity contribution in [3.63, 3.8) is 0 Å². The Morgan fingerprint density at radius 1 is 1.38 bits per heavy atom. The highest BCUT2D eigenvalue weighted by atomic mass is 32.1. The number of hydrogen-bond donors (Lipinski definition) is 4. The van der Waals surface area contributed by atoms with Crippen molar-refractivity contribution < 1.29 is 9.18 Å². The van der Waals surface area contributed by atoms with Gasteiger partial charge < -0.3 is 16.8 Å². The first kappa shape index (κ1) is 19.6. The van der Waals surface area contributed by atoms with Gasteiger partial charge in [0.25, 0.3) is 0 Å². The molecule has 26 heavy (non-hydrogen) atoms. The van der Waals surface area contributed by atoms with Gasteiger partial charge in [-0.25, -0.2) is 14.2 Å². The second-order valence-electron chi connectivity index (χ2n) is 5.80. The van der Waals surface area contributed by atoms with Crippen molar-refractivity contribution in [2.45, 2.75) is 32.7 Å². The molecule has 0 radical (unpaired) electrons. The molecule has 1 unspecified atom stereocenters. The number of urea groups is 1. The van der Waals surface area contributed by atoms with Crippen LogP contribution in [0.3, 0.4) is 0 Å². The van der Waals surface area contributed by atoms with E-state index in [0.717, 1.165) is 29.0 Å². The van der Waals surface area contributed by atoms with Crippen LogP contribution in [0, 0.1) is 12.7 Å². The smallest absolute Gasteiger partial charge is 0.322 e. The fourth-order valence-corrected chi connectivity index (χ4v) is 3.22. The van der Waals surface area contributed by atoms with E-state index in [4.69, 9.17) is 11.5 Å². The van der Waals surface area contributed by atoms with Gasteiger partial charge in [-0.15, -0.1) is 11.3 Å². The van der Waals surface area contributed by atoms with Crippen LogP contribution in [-0.2, 0) is 6.42 Å². The van der Waals surface area contributed by atoms with Gasteiger partial charge in [0, 0.05) is 11.4 Å². The Balaban J connectivity index is 1.74. The lowest BCUT2D eigenvalue weighted by Crippen LogP contribution is -2.44. The molecule has 0 spiro atoms. The summed E-state index contributed by atoms with van der Waals surface area (Å²) in [7, 11) is 0. The molecular weight excluding hydrogens is 355 g/mol. The largest absolute Gasteiger partial charge is 0.375 e. The number of rotatable bonds is 6. The molecule has 1 aromatic heterocycles. The molecule has 1 aromatic carbocycles. The number of carbonyl (C=O) groups is 1. The number of hydrogen-bond acceptors (Lipinski definition) is 5. The van der Waals surface area contributed by atoms with Gasteiger partial charge in [0.2, 0.25) is 0 Å². The van der Waals surface area contributed by atoms with E-state index >= 15 is 0 Å². The number of nitrogen functional groups attached to an aromatic ring is 1. The maximum absolute atomic E-state index is 12.9. The highest BCUT2D eigenvalue weighted by molar-refractivity contribution is 7.15. The van der Waals surface area contributed by atoms with Crippen LogP contribution in [0.2, 0.25) is 0 Å². The van der Waals surface area contributed by atoms with Crippen molar-refractivity contribution in [3.8, 4) is 0 Å². The van der Waals surface area contributed by atoms with E-state index in [1.165, 1.54) is 23.5 Å². The molecule has 1 heterocycles. The lowest BCUT2D eigenvalue weighted by Gasteiger charge is -2.14. The third-order valence-corrected chi connectivity index (χ3v) is 4.76. The third-order valence-electron chi connectivity index (χ3n) is 3.71. The molecule has 140 valence electrons. The first-order valence-corrected chi connectivity index (χ1v) is 9.01. The van der Waals surface area contributed by atoms with Gasteiger partial charge in [-0.1, -0.05) is 12.1 Å². The molecule has 1 atom stereocenters. The van der Waals surface area contributed by atoms with Gasteiger partial charge >= 0.3 is 6.03 Å². The Labute approximate surface area is 155 Å². The van der Waals surface area contributed by atoms with Gasteiger partial charge in [-0.3, -0.25) is 10.3 Å². The van der Waals surface area contributed by atoms with E-state index in [2.05, 4.69) is 20.6 Å². The Hall–Kier alpha value is -2.68. The van der Waals surface area contributed by atoms with Gasteiger partial charge in [-0.2, -0.15) is 0 Å². The molecule has 0 bridgehead atoms. The summed E-state index contributed by atoms with van der Waals surface area (Å²) in [5.41, 5.74) is 13.1. The minimum absolute atomic E-state index is 0.0503. The first-order valence-electron chi connectivity index (χ1n) is 8.20. The zero-order valence-corrected chi connectivity index (χ0v) is 15.6. The van der Waals surface area contributed by atoms with Crippen molar-refractivity contribution in [1.82, 2.24) is 15.6 Å². The number of guanidine groups is 1. The van der Waals surface area contributed by atoms with Crippen molar-refractivity contribution >= 4 is 28.5 Å². The van der Waals surface area contributed by atoms with Crippen LogP contribution in [0.1, 0.15) is 35.5 Å². The summed E-state index contributed by atoms with van der Waals surface area (Å²) in [5, 5.41) is 5.76. The maximum atomic E-state index is 12.9. The summed E-state index contributed by atoms with van der Waals surface area (Å²) in [6.07, 6.45) is 1.59. The number of benzene rings is 1. The monoisotopic (exact) mass is 378 g/mol. The number of anilines is 1. The number of amides is 2. The number of nitrogens with zero attached hydrogens (tertiary/aromatic N) is 2. The number of nitrogens with one attached hydrogen (secondary N) is 2. The molecule has 0 aliphatic carbocycles. The van der Waals surface area contributed by atoms with Crippen molar-refractivity contribution in [2.24, 2.45) is 10.7 Å². The number of aliphatic imine (C=N–C) groups is 1. The fourth-order valence-electron chi connectivity index (χ4n) is 2.34. The van der Waals surface area contributed by atoms with Gasteiger partial charge in [0.15, 0.2) is 11.1 Å². The molecule has 2 amide bonds. The minimum Gasteiger partial charge on any atom is -0.375 e. The Morgan fingerprint density at radius 3 is 2.69 bits per heavy atom.